The molecule has 0 aromatic carbocycles. The first-order valence-corrected chi connectivity index (χ1v) is 3.09. The van der Waals surface area contributed by atoms with E-state index in [9.17, 15) is 4.39 Å². The van der Waals surface area contributed by atoms with Gasteiger partial charge in [-0.1, -0.05) is 5.16 Å². The third-order valence-corrected chi connectivity index (χ3v) is 1.55. The molecule has 0 aliphatic carbocycles. The standard InChI is InChI=1S/C5H10FN3O/c6-3-1-4(8-2-3)5(7)9-10/h3-4,8,10H,1-2H2,(H2,7,9)/t3-,4-/m0/s1. The minimum atomic E-state index is -0.870. The Labute approximate surface area is 57.9 Å². The molecular formula is C5H10FN3O. The number of nitrogens with one attached hydrogen (secondary N) is 1. The molecule has 0 amide bonds. The van der Waals surface area contributed by atoms with Crippen LogP contribution in [0.5, 0.6) is 0 Å². The second-order valence-electron chi connectivity index (χ2n) is 2.32. The Balaban J connectivity index is 2.45. The molecule has 0 saturated carbocycles. The summed E-state index contributed by atoms with van der Waals surface area (Å²) in [6, 6.07) is -0.292. The van der Waals surface area contributed by atoms with Gasteiger partial charge in [0.1, 0.15) is 6.17 Å². The van der Waals surface area contributed by atoms with Crippen molar-refractivity contribution in [3.05, 3.63) is 0 Å². The average Bonchev–Trinajstić information content (AvgIpc) is 2.34. The molecule has 4 N–H and O–H groups in total. The Morgan fingerprint density at radius 2 is 2.50 bits per heavy atom. The fraction of sp³-hybridized carbons (Fsp3) is 0.800. The summed E-state index contributed by atoms with van der Waals surface area (Å²) in [4.78, 5) is 0. The van der Waals surface area contributed by atoms with Crippen molar-refractivity contribution in [3.63, 3.8) is 0 Å². The lowest BCUT2D eigenvalue weighted by atomic mass is 10.2. The average molecular weight is 147 g/mol. The van der Waals surface area contributed by atoms with Gasteiger partial charge in [0.25, 0.3) is 0 Å². The molecule has 10 heavy (non-hydrogen) atoms. The van der Waals surface area contributed by atoms with Crippen molar-refractivity contribution in [1.29, 1.82) is 0 Å². The molecule has 2 atom stereocenters. The lowest BCUT2D eigenvalue weighted by Gasteiger charge is -2.05. The van der Waals surface area contributed by atoms with Crippen molar-refractivity contribution in [2.45, 2.75) is 18.6 Å². The van der Waals surface area contributed by atoms with E-state index >= 15 is 0 Å². The predicted octanol–water partition coefficient (Wildman–Crippen LogP) is -0.567. The van der Waals surface area contributed by atoms with E-state index in [1.54, 1.807) is 0 Å². The van der Waals surface area contributed by atoms with Crippen LogP contribution in [0.1, 0.15) is 6.42 Å². The second-order valence-corrected chi connectivity index (χ2v) is 2.32. The van der Waals surface area contributed by atoms with E-state index in [0.717, 1.165) is 0 Å². The first-order valence-electron chi connectivity index (χ1n) is 3.09. The number of amidine groups is 1. The van der Waals surface area contributed by atoms with Gasteiger partial charge in [-0.25, -0.2) is 4.39 Å². The highest BCUT2D eigenvalue weighted by molar-refractivity contribution is 5.85. The van der Waals surface area contributed by atoms with Crippen LogP contribution in [0, 0.1) is 0 Å². The maximum Gasteiger partial charge on any atom is 0.156 e. The molecular weight excluding hydrogens is 137 g/mol. The molecule has 0 spiro atoms. The molecule has 1 aliphatic rings. The maximum atomic E-state index is 12.4. The van der Waals surface area contributed by atoms with Gasteiger partial charge < -0.3 is 16.3 Å². The molecule has 1 saturated heterocycles. The van der Waals surface area contributed by atoms with E-state index in [4.69, 9.17) is 10.9 Å². The van der Waals surface area contributed by atoms with Crippen molar-refractivity contribution in [3.8, 4) is 0 Å². The zero-order valence-electron chi connectivity index (χ0n) is 5.42. The van der Waals surface area contributed by atoms with Gasteiger partial charge in [0.05, 0.1) is 6.04 Å². The Kier molecular flexibility index (Phi) is 2.06. The summed E-state index contributed by atoms with van der Waals surface area (Å²) in [5.41, 5.74) is 5.21. The van der Waals surface area contributed by atoms with E-state index in [-0.39, 0.29) is 11.9 Å². The molecule has 1 aliphatic heterocycles. The monoisotopic (exact) mass is 147 g/mol. The molecule has 0 unspecified atom stereocenters. The molecule has 0 aromatic rings. The number of alkyl halides is 1. The fourth-order valence-corrected chi connectivity index (χ4v) is 0.988. The van der Waals surface area contributed by atoms with Crippen molar-refractivity contribution in [2.75, 3.05) is 6.54 Å². The summed E-state index contributed by atoms with van der Waals surface area (Å²) in [7, 11) is 0. The highest BCUT2D eigenvalue weighted by Gasteiger charge is 2.26. The second kappa shape index (κ2) is 2.83. The molecule has 58 valence electrons. The zero-order valence-corrected chi connectivity index (χ0v) is 5.42. The van der Waals surface area contributed by atoms with Crippen molar-refractivity contribution in [1.82, 2.24) is 5.32 Å². The van der Waals surface area contributed by atoms with Crippen LogP contribution in [-0.2, 0) is 0 Å². The van der Waals surface area contributed by atoms with Crippen LogP contribution >= 0.6 is 0 Å². The van der Waals surface area contributed by atoms with E-state index < -0.39 is 6.17 Å². The molecule has 0 radical (unpaired) electrons. The summed E-state index contributed by atoms with van der Waals surface area (Å²) in [6.45, 7) is 0.293. The normalized spacial score (nSPS) is 34.7. The predicted molar refractivity (Wildman–Crippen MR) is 34.7 cm³/mol. The van der Waals surface area contributed by atoms with Gasteiger partial charge in [0.15, 0.2) is 5.84 Å². The minimum absolute atomic E-state index is 0.0557. The van der Waals surface area contributed by atoms with E-state index in [1.807, 2.05) is 0 Å². The van der Waals surface area contributed by atoms with Crippen molar-refractivity contribution < 1.29 is 9.60 Å². The number of hydrogen-bond donors (Lipinski definition) is 3. The number of nitrogens with two attached hydrogens (primary N) is 1. The number of oxime groups is 1. The lowest BCUT2D eigenvalue weighted by molar-refractivity contribution is 0.314. The molecule has 4 nitrogen and oxygen atoms in total. The quantitative estimate of drug-likeness (QED) is 0.201. The lowest BCUT2D eigenvalue weighted by Crippen LogP contribution is -2.36. The van der Waals surface area contributed by atoms with Crippen LogP contribution < -0.4 is 11.1 Å². The summed E-state index contributed by atoms with van der Waals surface area (Å²) in [5, 5.41) is 13.7. The summed E-state index contributed by atoms with van der Waals surface area (Å²) < 4.78 is 12.4. The Hall–Kier alpha value is -0.840. The van der Waals surface area contributed by atoms with Crippen LogP contribution in [0.3, 0.4) is 0 Å². The van der Waals surface area contributed by atoms with E-state index in [1.165, 1.54) is 0 Å². The Bertz CT molecular complexity index is 150. The molecule has 1 heterocycles. The van der Waals surface area contributed by atoms with Crippen LogP contribution in [-0.4, -0.2) is 29.8 Å². The smallest absolute Gasteiger partial charge is 0.156 e. The van der Waals surface area contributed by atoms with Crippen molar-refractivity contribution >= 4 is 5.84 Å². The van der Waals surface area contributed by atoms with Gasteiger partial charge in [-0.15, -0.1) is 0 Å². The van der Waals surface area contributed by atoms with E-state index in [2.05, 4.69) is 10.5 Å². The Morgan fingerprint density at radius 3 is 2.90 bits per heavy atom. The first kappa shape index (κ1) is 7.27. The fourth-order valence-electron chi connectivity index (χ4n) is 0.988. The van der Waals surface area contributed by atoms with Crippen molar-refractivity contribution in [2.24, 2.45) is 10.9 Å². The molecule has 0 bridgehead atoms. The molecule has 1 rings (SSSR count). The van der Waals surface area contributed by atoms with Gasteiger partial charge in [-0.2, -0.15) is 0 Å². The molecule has 1 fully saturated rings. The molecule has 5 heteroatoms. The highest BCUT2D eigenvalue weighted by Crippen LogP contribution is 2.09. The number of rotatable bonds is 1. The van der Waals surface area contributed by atoms with Crippen LogP contribution in [0.2, 0.25) is 0 Å². The maximum absolute atomic E-state index is 12.4. The number of halogens is 1. The number of hydrogen-bond acceptors (Lipinski definition) is 3. The van der Waals surface area contributed by atoms with Gasteiger partial charge in [0.2, 0.25) is 0 Å². The van der Waals surface area contributed by atoms with Gasteiger partial charge in [0, 0.05) is 13.0 Å². The van der Waals surface area contributed by atoms with Gasteiger partial charge in [-0.3, -0.25) is 0 Å². The first-order chi connectivity index (χ1) is 4.74. The van der Waals surface area contributed by atoms with Crippen LogP contribution in [0.15, 0.2) is 5.16 Å². The Morgan fingerprint density at radius 1 is 1.80 bits per heavy atom. The third-order valence-electron chi connectivity index (χ3n) is 1.55. The van der Waals surface area contributed by atoms with E-state index in [0.29, 0.717) is 13.0 Å². The molecule has 0 aromatic heterocycles. The summed E-state index contributed by atoms with van der Waals surface area (Å²) >= 11 is 0. The van der Waals surface area contributed by atoms with Crippen LogP contribution in [0.25, 0.3) is 0 Å². The van der Waals surface area contributed by atoms with Gasteiger partial charge >= 0.3 is 0 Å². The summed E-state index contributed by atoms with van der Waals surface area (Å²) in [5.74, 6) is 0.0557. The SMILES string of the molecule is NC(=NO)[C@@H]1C[C@H](F)CN1. The largest absolute Gasteiger partial charge is 0.409 e. The summed E-state index contributed by atoms with van der Waals surface area (Å²) in [6.07, 6.45) is -0.569. The zero-order chi connectivity index (χ0) is 7.56. The minimum Gasteiger partial charge on any atom is -0.409 e. The highest BCUT2D eigenvalue weighted by atomic mass is 19.1. The number of nitrogens with zero attached hydrogens (tertiary/aromatic N) is 1. The third kappa shape index (κ3) is 1.36. The topological polar surface area (TPSA) is 70.6 Å². The van der Waals surface area contributed by atoms with Crippen LogP contribution in [0.4, 0.5) is 4.39 Å². The van der Waals surface area contributed by atoms with Gasteiger partial charge in [-0.05, 0) is 0 Å².